The molecule has 1 fully saturated rings. The first-order valence-electron chi connectivity index (χ1n) is 5.96. The van der Waals surface area contributed by atoms with Gasteiger partial charge in [0.2, 0.25) is 5.95 Å². The molecule has 0 aromatic carbocycles. The SMILES string of the molecule is Brc1occc1-c1nc(N2CCCNCC2)n[nH]1. The molecule has 1 aliphatic heterocycles. The molecule has 3 heterocycles. The fraction of sp³-hybridized carbons (Fsp3) is 0.455. The summed E-state index contributed by atoms with van der Waals surface area (Å²) < 4.78 is 5.87. The van der Waals surface area contributed by atoms with Crippen LogP contribution in [0.2, 0.25) is 0 Å². The zero-order chi connectivity index (χ0) is 12.4. The molecule has 18 heavy (non-hydrogen) atoms. The zero-order valence-corrected chi connectivity index (χ0v) is 11.4. The average molecular weight is 312 g/mol. The van der Waals surface area contributed by atoms with Crippen LogP contribution in [0.5, 0.6) is 0 Å². The van der Waals surface area contributed by atoms with Crippen molar-refractivity contribution >= 4 is 21.9 Å². The summed E-state index contributed by atoms with van der Waals surface area (Å²) in [5.41, 5.74) is 0.890. The van der Waals surface area contributed by atoms with Gasteiger partial charge in [0.1, 0.15) is 0 Å². The van der Waals surface area contributed by atoms with E-state index < -0.39 is 0 Å². The molecular formula is C11H14BrN5O. The number of anilines is 1. The van der Waals surface area contributed by atoms with Gasteiger partial charge in [-0.1, -0.05) is 0 Å². The van der Waals surface area contributed by atoms with Gasteiger partial charge in [0.15, 0.2) is 10.5 Å². The molecule has 0 atom stereocenters. The molecular weight excluding hydrogens is 298 g/mol. The molecule has 0 aliphatic carbocycles. The number of aromatic amines is 1. The Hall–Kier alpha value is -1.34. The Labute approximate surface area is 113 Å². The summed E-state index contributed by atoms with van der Waals surface area (Å²) in [7, 11) is 0. The number of rotatable bonds is 2. The highest BCUT2D eigenvalue weighted by Gasteiger charge is 2.16. The number of halogens is 1. The third kappa shape index (κ3) is 2.28. The molecule has 1 aliphatic rings. The molecule has 3 rings (SSSR count). The predicted octanol–water partition coefficient (Wildman–Crippen LogP) is 1.63. The Balaban J connectivity index is 1.82. The van der Waals surface area contributed by atoms with Crippen molar-refractivity contribution in [2.24, 2.45) is 0 Å². The number of aromatic nitrogens is 3. The van der Waals surface area contributed by atoms with Crippen LogP contribution in [0, 0.1) is 0 Å². The fourth-order valence-corrected chi connectivity index (χ4v) is 2.45. The minimum Gasteiger partial charge on any atom is -0.457 e. The molecule has 1 saturated heterocycles. The van der Waals surface area contributed by atoms with E-state index in [-0.39, 0.29) is 0 Å². The Bertz CT molecular complexity index is 515. The van der Waals surface area contributed by atoms with Gasteiger partial charge in [-0.05, 0) is 35.0 Å². The molecule has 0 unspecified atom stereocenters. The van der Waals surface area contributed by atoms with Gasteiger partial charge < -0.3 is 14.6 Å². The largest absolute Gasteiger partial charge is 0.457 e. The van der Waals surface area contributed by atoms with Crippen molar-refractivity contribution in [2.75, 3.05) is 31.1 Å². The summed E-state index contributed by atoms with van der Waals surface area (Å²) in [4.78, 5) is 6.71. The third-order valence-corrected chi connectivity index (χ3v) is 3.58. The van der Waals surface area contributed by atoms with Crippen LogP contribution in [0.3, 0.4) is 0 Å². The predicted molar refractivity (Wildman–Crippen MR) is 71.5 cm³/mol. The van der Waals surface area contributed by atoms with E-state index in [0.29, 0.717) is 4.67 Å². The highest BCUT2D eigenvalue weighted by molar-refractivity contribution is 9.10. The van der Waals surface area contributed by atoms with Crippen molar-refractivity contribution in [3.05, 3.63) is 17.0 Å². The van der Waals surface area contributed by atoms with E-state index in [4.69, 9.17) is 4.42 Å². The molecule has 0 saturated carbocycles. The second-order valence-corrected chi connectivity index (χ2v) is 4.90. The number of furan rings is 1. The Morgan fingerprint density at radius 2 is 2.28 bits per heavy atom. The molecule has 96 valence electrons. The summed E-state index contributed by atoms with van der Waals surface area (Å²) >= 11 is 3.34. The van der Waals surface area contributed by atoms with Crippen molar-refractivity contribution in [1.29, 1.82) is 0 Å². The lowest BCUT2D eigenvalue weighted by atomic mass is 10.3. The first-order valence-corrected chi connectivity index (χ1v) is 6.75. The van der Waals surface area contributed by atoms with E-state index in [0.717, 1.165) is 49.9 Å². The van der Waals surface area contributed by atoms with E-state index in [1.165, 1.54) is 0 Å². The van der Waals surface area contributed by atoms with Gasteiger partial charge in [0.25, 0.3) is 0 Å². The molecule has 2 aromatic rings. The molecule has 2 N–H and O–H groups in total. The summed E-state index contributed by atoms with van der Waals surface area (Å²) in [6.07, 6.45) is 2.73. The van der Waals surface area contributed by atoms with Crippen LogP contribution < -0.4 is 10.2 Å². The lowest BCUT2D eigenvalue weighted by molar-refractivity contribution is 0.542. The smallest absolute Gasteiger partial charge is 0.245 e. The van der Waals surface area contributed by atoms with Crippen molar-refractivity contribution in [1.82, 2.24) is 20.5 Å². The topological polar surface area (TPSA) is 70.0 Å². The van der Waals surface area contributed by atoms with E-state index in [9.17, 15) is 0 Å². The van der Waals surface area contributed by atoms with Crippen LogP contribution in [-0.2, 0) is 0 Å². The van der Waals surface area contributed by atoms with Gasteiger partial charge in [-0.2, -0.15) is 4.98 Å². The second kappa shape index (κ2) is 5.11. The summed E-state index contributed by atoms with van der Waals surface area (Å²) in [5, 5.41) is 10.6. The number of nitrogens with one attached hydrogen (secondary N) is 2. The maximum Gasteiger partial charge on any atom is 0.245 e. The van der Waals surface area contributed by atoms with Gasteiger partial charge in [0, 0.05) is 19.6 Å². The number of nitrogens with zero attached hydrogens (tertiary/aromatic N) is 3. The highest BCUT2D eigenvalue weighted by Crippen LogP contribution is 2.27. The minimum absolute atomic E-state index is 0.669. The third-order valence-electron chi connectivity index (χ3n) is 2.97. The quantitative estimate of drug-likeness (QED) is 0.882. The molecule has 7 heteroatoms. The molecule has 0 spiro atoms. The van der Waals surface area contributed by atoms with Crippen LogP contribution in [0.1, 0.15) is 6.42 Å². The second-order valence-electron chi connectivity index (χ2n) is 4.18. The van der Waals surface area contributed by atoms with Gasteiger partial charge in [-0.15, -0.1) is 5.10 Å². The van der Waals surface area contributed by atoms with Crippen molar-refractivity contribution in [3.8, 4) is 11.4 Å². The van der Waals surface area contributed by atoms with Gasteiger partial charge in [-0.25, -0.2) is 0 Å². The number of H-pyrrole nitrogens is 1. The number of hydrogen-bond acceptors (Lipinski definition) is 5. The Kier molecular flexibility index (Phi) is 3.33. The Morgan fingerprint density at radius 3 is 3.11 bits per heavy atom. The van der Waals surface area contributed by atoms with Crippen LogP contribution in [0.25, 0.3) is 11.4 Å². The number of hydrogen-bond donors (Lipinski definition) is 2. The van der Waals surface area contributed by atoms with Crippen LogP contribution in [0.15, 0.2) is 21.4 Å². The van der Waals surface area contributed by atoms with E-state index >= 15 is 0 Å². The summed E-state index contributed by atoms with van der Waals surface area (Å²) in [6, 6.07) is 1.86. The first kappa shape index (κ1) is 11.7. The molecule has 2 aromatic heterocycles. The summed E-state index contributed by atoms with van der Waals surface area (Å²) in [5.74, 6) is 1.48. The van der Waals surface area contributed by atoms with Gasteiger partial charge in [-0.3, -0.25) is 5.10 Å². The standard InChI is InChI=1S/C11H14BrN5O/c12-9-8(2-7-18-9)10-14-11(16-15-10)17-5-1-3-13-4-6-17/h2,7,13H,1,3-6H2,(H,14,15,16). The van der Waals surface area contributed by atoms with Crippen molar-refractivity contribution in [3.63, 3.8) is 0 Å². The van der Waals surface area contributed by atoms with E-state index in [1.807, 2.05) is 6.07 Å². The lowest BCUT2D eigenvalue weighted by Crippen LogP contribution is -2.28. The maximum absolute atomic E-state index is 5.20. The van der Waals surface area contributed by atoms with Crippen LogP contribution in [-0.4, -0.2) is 41.4 Å². The van der Waals surface area contributed by atoms with Crippen molar-refractivity contribution < 1.29 is 4.42 Å². The van der Waals surface area contributed by atoms with Gasteiger partial charge >= 0.3 is 0 Å². The lowest BCUT2D eigenvalue weighted by Gasteiger charge is -2.16. The van der Waals surface area contributed by atoms with Crippen molar-refractivity contribution in [2.45, 2.75) is 6.42 Å². The summed E-state index contributed by atoms with van der Waals surface area (Å²) in [6.45, 7) is 3.95. The van der Waals surface area contributed by atoms with Crippen LogP contribution >= 0.6 is 15.9 Å². The maximum atomic E-state index is 5.20. The highest BCUT2D eigenvalue weighted by atomic mass is 79.9. The zero-order valence-electron chi connectivity index (χ0n) is 9.82. The van der Waals surface area contributed by atoms with E-state index in [1.54, 1.807) is 6.26 Å². The van der Waals surface area contributed by atoms with Crippen LogP contribution in [0.4, 0.5) is 5.95 Å². The fourth-order valence-electron chi connectivity index (χ4n) is 2.02. The van der Waals surface area contributed by atoms with E-state index in [2.05, 4.69) is 41.3 Å². The minimum atomic E-state index is 0.669. The normalized spacial score (nSPS) is 16.8. The Morgan fingerprint density at radius 1 is 1.33 bits per heavy atom. The molecule has 0 bridgehead atoms. The first-order chi connectivity index (χ1) is 8.84. The molecule has 0 amide bonds. The average Bonchev–Trinajstić information content (AvgIpc) is 2.91. The molecule has 6 nitrogen and oxygen atoms in total. The molecule has 0 radical (unpaired) electrons. The van der Waals surface area contributed by atoms with Gasteiger partial charge in [0.05, 0.1) is 11.8 Å². The monoisotopic (exact) mass is 311 g/mol.